The third kappa shape index (κ3) is 2.59. The van der Waals surface area contributed by atoms with Gasteiger partial charge in [0.2, 0.25) is 0 Å². The minimum absolute atomic E-state index is 0.0177. The van der Waals surface area contributed by atoms with Gasteiger partial charge in [0.15, 0.2) is 0 Å². The summed E-state index contributed by atoms with van der Waals surface area (Å²) in [6, 6.07) is 0. The summed E-state index contributed by atoms with van der Waals surface area (Å²) in [7, 11) is 1.53. The zero-order valence-corrected chi connectivity index (χ0v) is 17.2. The molecule has 0 aromatic heterocycles. The lowest BCUT2D eigenvalue weighted by Gasteiger charge is -2.61. The van der Waals surface area contributed by atoms with E-state index < -0.39 is 0 Å². The van der Waals surface area contributed by atoms with Crippen LogP contribution in [0.5, 0.6) is 0 Å². The van der Waals surface area contributed by atoms with Gasteiger partial charge in [0.05, 0.1) is 19.1 Å². The molecule has 0 radical (unpaired) electrons. The van der Waals surface area contributed by atoms with Crippen LogP contribution >= 0.6 is 0 Å². The molecule has 0 unspecified atom stereocenters. The summed E-state index contributed by atoms with van der Waals surface area (Å²) in [5.41, 5.74) is 0.752. The fraction of sp³-hybridized carbons (Fsp3) is 0.957. The number of methoxy groups -OCH3 is 1. The Labute approximate surface area is 159 Å². The molecule has 4 fully saturated rings. The molecular weight excluding hydrogens is 324 g/mol. The molecule has 0 heterocycles. The van der Waals surface area contributed by atoms with Gasteiger partial charge in [-0.1, -0.05) is 20.8 Å². The van der Waals surface area contributed by atoms with Crippen molar-refractivity contribution >= 4 is 5.97 Å². The van der Waals surface area contributed by atoms with E-state index in [2.05, 4.69) is 20.8 Å². The van der Waals surface area contributed by atoms with E-state index in [9.17, 15) is 9.90 Å². The lowest BCUT2D eigenvalue weighted by molar-refractivity contribution is -0.153. The fourth-order valence-electron chi connectivity index (χ4n) is 8.45. The average molecular weight is 363 g/mol. The predicted molar refractivity (Wildman–Crippen MR) is 102 cm³/mol. The molecule has 4 rings (SSSR count). The Balaban J connectivity index is 1.57. The maximum absolute atomic E-state index is 12.2. The molecule has 26 heavy (non-hydrogen) atoms. The molecule has 9 atom stereocenters. The SMILES string of the molecule is COC(=O)[C@@H](C)[C@H]1CC[C@H]2[C@@H]3CC[C@@H]4C[C@@H](O)CC[C@]4(C)[C@H]3CC[C@]12C. The van der Waals surface area contributed by atoms with Crippen LogP contribution in [0.1, 0.15) is 78.6 Å². The molecule has 0 aromatic rings. The molecule has 4 aliphatic rings. The smallest absolute Gasteiger partial charge is 0.308 e. The largest absolute Gasteiger partial charge is 0.469 e. The third-order valence-electron chi connectivity index (χ3n) is 9.89. The first-order valence-electron chi connectivity index (χ1n) is 11.1. The van der Waals surface area contributed by atoms with Crippen molar-refractivity contribution in [1.29, 1.82) is 0 Å². The highest BCUT2D eigenvalue weighted by molar-refractivity contribution is 5.72. The van der Waals surface area contributed by atoms with Gasteiger partial charge in [-0.2, -0.15) is 0 Å². The van der Waals surface area contributed by atoms with Gasteiger partial charge < -0.3 is 9.84 Å². The van der Waals surface area contributed by atoms with Crippen molar-refractivity contribution in [2.24, 2.45) is 46.3 Å². The number of hydrogen-bond donors (Lipinski definition) is 1. The first kappa shape index (κ1) is 18.8. The number of ether oxygens (including phenoxy) is 1. The Hall–Kier alpha value is -0.570. The van der Waals surface area contributed by atoms with E-state index in [4.69, 9.17) is 4.74 Å². The first-order valence-corrected chi connectivity index (χ1v) is 11.1. The Morgan fingerprint density at radius 3 is 2.42 bits per heavy atom. The lowest BCUT2D eigenvalue weighted by atomic mass is 9.44. The van der Waals surface area contributed by atoms with E-state index in [1.807, 2.05) is 0 Å². The van der Waals surface area contributed by atoms with Crippen LogP contribution in [0.2, 0.25) is 0 Å². The van der Waals surface area contributed by atoms with Crippen LogP contribution in [0.4, 0.5) is 0 Å². The summed E-state index contributed by atoms with van der Waals surface area (Å²) in [6.07, 6.45) is 10.9. The van der Waals surface area contributed by atoms with Crippen molar-refractivity contribution in [2.75, 3.05) is 7.11 Å². The number of fused-ring (bicyclic) bond motifs is 5. The van der Waals surface area contributed by atoms with Gasteiger partial charge >= 0.3 is 5.97 Å². The van der Waals surface area contributed by atoms with Crippen LogP contribution in [0.25, 0.3) is 0 Å². The Morgan fingerprint density at radius 2 is 1.69 bits per heavy atom. The Kier molecular flexibility index (Phi) is 4.69. The molecule has 4 saturated carbocycles. The van der Waals surface area contributed by atoms with Crippen molar-refractivity contribution in [3.63, 3.8) is 0 Å². The van der Waals surface area contributed by atoms with E-state index in [0.717, 1.165) is 36.5 Å². The Morgan fingerprint density at radius 1 is 1.00 bits per heavy atom. The van der Waals surface area contributed by atoms with Gasteiger partial charge in [0, 0.05) is 0 Å². The summed E-state index contributed by atoms with van der Waals surface area (Å²) in [5.74, 6) is 3.67. The fourth-order valence-corrected chi connectivity index (χ4v) is 8.45. The van der Waals surface area contributed by atoms with Crippen molar-refractivity contribution in [2.45, 2.75) is 84.7 Å². The third-order valence-corrected chi connectivity index (χ3v) is 9.89. The number of rotatable bonds is 2. The highest BCUT2D eigenvalue weighted by atomic mass is 16.5. The van der Waals surface area contributed by atoms with Crippen molar-refractivity contribution < 1.29 is 14.6 Å². The number of hydrogen-bond acceptors (Lipinski definition) is 3. The van der Waals surface area contributed by atoms with E-state index in [1.165, 1.54) is 52.1 Å². The summed E-state index contributed by atoms with van der Waals surface area (Å²) >= 11 is 0. The molecule has 0 bridgehead atoms. The van der Waals surface area contributed by atoms with Gasteiger partial charge in [-0.05, 0) is 98.2 Å². The second-order valence-corrected chi connectivity index (χ2v) is 10.6. The lowest BCUT2D eigenvalue weighted by Crippen LogP contribution is -2.54. The van der Waals surface area contributed by atoms with Gasteiger partial charge in [0.25, 0.3) is 0 Å². The van der Waals surface area contributed by atoms with Crippen LogP contribution in [0.15, 0.2) is 0 Å². The molecule has 4 aliphatic carbocycles. The van der Waals surface area contributed by atoms with Crippen LogP contribution in [0, 0.1) is 46.3 Å². The molecule has 0 spiro atoms. The maximum atomic E-state index is 12.2. The highest BCUT2D eigenvalue weighted by Gasteiger charge is 2.61. The summed E-state index contributed by atoms with van der Waals surface area (Å²) < 4.78 is 5.09. The van der Waals surface area contributed by atoms with E-state index in [0.29, 0.717) is 16.7 Å². The van der Waals surface area contributed by atoms with Gasteiger partial charge in [-0.3, -0.25) is 4.79 Å². The second-order valence-electron chi connectivity index (χ2n) is 10.6. The number of aliphatic hydroxyl groups is 1. The summed E-state index contributed by atoms with van der Waals surface area (Å²) in [5, 5.41) is 10.2. The van der Waals surface area contributed by atoms with Crippen LogP contribution in [-0.2, 0) is 9.53 Å². The molecule has 3 nitrogen and oxygen atoms in total. The average Bonchev–Trinajstić information content (AvgIpc) is 2.98. The molecular formula is C23H38O3. The monoisotopic (exact) mass is 362 g/mol. The van der Waals surface area contributed by atoms with Crippen LogP contribution in [0.3, 0.4) is 0 Å². The number of aliphatic hydroxyl groups excluding tert-OH is 1. The molecule has 3 heteroatoms. The molecule has 0 aromatic carbocycles. The molecule has 0 saturated heterocycles. The van der Waals surface area contributed by atoms with E-state index in [-0.39, 0.29) is 18.0 Å². The Bertz CT molecular complexity index is 560. The van der Waals surface area contributed by atoms with Crippen LogP contribution < -0.4 is 0 Å². The summed E-state index contributed by atoms with van der Waals surface area (Å²) in [6.45, 7) is 7.13. The zero-order chi connectivity index (χ0) is 18.7. The normalized spacial score (nSPS) is 51.7. The minimum atomic E-state index is -0.0600. The number of esters is 1. The molecule has 0 aliphatic heterocycles. The quantitative estimate of drug-likeness (QED) is 0.717. The zero-order valence-electron chi connectivity index (χ0n) is 17.2. The van der Waals surface area contributed by atoms with Crippen molar-refractivity contribution in [3.05, 3.63) is 0 Å². The highest BCUT2D eigenvalue weighted by Crippen LogP contribution is 2.68. The predicted octanol–water partition coefficient (Wildman–Crippen LogP) is 4.82. The number of carbonyl (C=O) groups is 1. The van der Waals surface area contributed by atoms with Crippen molar-refractivity contribution in [3.8, 4) is 0 Å². The minimum Gasteiger partial charge on any atom is -0.469 e. The summed E-state index contributed by atoms with van der Waals surface area (Å²) in [4.78, 5) is 12.2. The van der Waals surface area contributed by atoms with Gasteiger partial charge in [-0.25, -0.2) is 0 Å². The van der Waals surface area contributed by atoms with Crippen LogP contribution in [-0.4, -0.2) is 24.3 Å². The molecule has 0 amide bonds. The van der Waals surface area contributed by atoms with Gasteiger partial charge in [0.1, 0.15) is 0 Å². The number of carbonyl (C=O) groups excluding carboxylic acids is 1. The molecule has 1 N–H and O–H groups in total. The van der Waals surface area contributed by atoms with Gasteiger partial charge in [-0.15, -0.1) is 0 Å². The van der Waals surface area contributed by atoms with E-state index >= 15 is 0 Å². The standard InChI is InChI=1S/C23H38O3/c1-14(21(25)26-4)18-7-8-19-17-6-5-15-13-16(24)9-11-22(15,2)20(17)10-12-23(18,19)3/h14-20,24H,5-13H2,1-4H3/t14-,15+,16-,17-,18+,19-,20-,22-,23+/m0/s1. The topological polar surface area (TPSA) is 46.5 Å². The molecule has 148 valence electrons. The van der Waals surface area contributed by atoms with E-state index in [1.54, 1.807) is 0 Å². The second kappa shape index (κ2) is 6.50. The maximum Gasteiger partial charge on any atom is 0.308 e. The van der Waals surface area contributed by atoms with Crippen molar-refractivity contribution in [1.82, 2.24) is 0 Å². The first-order chi connectivity index (χ1) is 12.3.